The highest BCUT2D eigenvalue weighted by molar-refractivity contribution is 8.15. The van der Waals surface area contributed by atoms with Crippen LogP contribution in [0.25, 0.3) is 0 Å². The summed E-state index contributed by atoms with van der Waals surface area (Å²) in [7, 11) is 0. The van der Waals surface area contributed by atoms with Gasteiger partial charge in [-0.1, -0.05) is 42.1 Å². The summed E-state index contributed by atoms with van der Waals surface area (Å²) in [6.07, 6.45) is -4.65. The van der Waals surface area contributed by atoms with Gasteiger partial charge >= 0.3 is 0 Å². The second-order valence-corrected chi connectivity index (χ2v) is 6.05. The lowest BCUT2D eigenvalue weighted by Gasteiger charge is -2.35. The molecule has 0 unspecified atom stereocenters. The molecule has 1 heterocycles. The number of benzene rings is 1. The number of hydrogen-bond donors (Lipinski definition) is 6. The smallest absolute Gasteiger partial charge is 0.157 e. The molecule has 4 atom stereocenters. The predicted octanol–water partition coefficient (Wildman–Crippen LogP) is -1.55. The highest BCUT2D eigenvalue weighted by atomic mass is 32.2. The lowest BCUT2D eigenvalue weighted by molar-refractivity contribution is -0.0969. The van der Waals surface area contributed by atoms with Crippen LogP contribution in [0.15, 0.2) is 35.4 Å². The fraction of sp³-hybridized carbons (Fsp3) is 0.462. The number of nitrogens with zero attached hydrogens (tertiary/aromatic N) is 1. The van der Waals surface area contributed by atoms with Gasteiger partial charge in [0.1, 0.15) is 23.4 Å². The minimum Gasteiger partial charge on any atom is -0.394 e. The van der Waals surface area contributed by atoms with Gasteiger partial charge in [-0.3, -0.25) is 5.43 Å². The van der Waals surface area contributed by atoms with Gasteiger partial charge in [0.25, 0.3) is 0 Å². The van der Waals surface area contributed by atoms with Crippen LogP contribution in [0.4, 0.5) is 0 Å². The van der Waals surface area contributed by atoms with E-state index in [1.54, 1.807) is 0 Å². The van der Waals surface area contributed by atoms with E-state index in [1.165, 1.54) is 0 Å². The SMILES string of the molecule is OC[C@@H](O)[C@@H](O)[C@@H](O)[C@@]1(CO)NN=C(c2ccccc2)S1. The topological polar surface area (TPSA) is 126 Å². The van der Waals surface area contributed by atoms with Crippen LogP contribution in [0, 0.1) is 0 Å². The van der Waals surface area contributed by atoms with Gasteiger partial charge < -0.3 is 25.5 Å². The van der Waals surface area contributed by atoms with E-state index in [-0.39, 0.29) is 0 Å². The van der Waals surface area contributed by atoms with Gasteiger partial charge in [-0.2, -0.15) is 5.10 Å². The summed E-state index contributed by atoms with van der Waals surface area (Å²) in [6, 6.07) is 9.17. The first kappa shape index (κ1) is 16.2. The van der Waals surface area contributed by atoms with Gasteiger partial charge in [0.15, 0.2) is 4.87 Å². The van der Waals surface area contributed by atoms with Crippen molar-refractivity contribution in [2.24, 2.45) is 5.10 Å². The second-order valence-electron chi connectivity index (χ2n) is 4.73. The summed E-state index contributed by atoms with van der Waals surface area (Å²) in [5.41, 5.74) is 3.43. The van der Waals surface area contributed by atoms with Crippen molar-refractivity contribution < 1.29 is 25.5 Å². The molecule has 0 aliphatic carbocycles. The van der Waals surface area contributed by atoms with Gasteiger partial charge in [-0.05, 0) is 0 Å². The maximum Gasteiger partial charge on any atom is 0.157 e. The zero-order valence-corrected chi connectivity index (χ0v) is 11.9. The Morgan fingerprint density at radius 1 is 1.14 bits per heavy atom. The zero-order chi connectivity index (χ0) is 15.5. The zero-order valence-electron chi connectivity index (χ0n) is 11.1. The van der Waals surface area contributed by atoms with Crippen LogP contribution in [-0.2, 0) is 0 Å². The van der Waals surface area contributed by atoms with Crippen LogP contribution in [0.3, 0.4) is 0 Å². The molecule has 0 fully saturated rings. The molecule has 1 aromatic rings. The molecule has 6 N–H and O–H groups in total. The molecule has 1 aliphatic heterocycles. The Kier molecular flexibility index (Phi) is 5.20. The maximum atomic E-state index is 10.2. The quantitative estimate of drug-likeness (QED) is 0.375. The first-order valence-corrected chi connectivity index (χ1v) is 7.21. The lowest BCUT2D eigenvalue weighted by atomic mass is 10.0. The largest absolute Gasteiger partial charge is 0.394 e. The van der Waals surface area contributed by atoms with Crippen LogP contribution in [0.2, 0.25) is 0 Å². The molecule has 21 heavy (non-hydrogen) atoms. The van der Waals surface area contributed by atoms with Crippen molar-refractivity contribution in [2.75, 3.05) is 13.2 Å². The van der Waals surface area contributed by atoms with Crippen molar-refractivity contribution >= 4 is 16.8 Å². The molecule has 1 aliphatic rings. The maximum absolute atomic E-state index is 10.2. The van der Waals surface area contributed by atoms with Crippen molar-refractivity contribution in [3.05, 3.63) is 35.9 Å². The fourth-order valence-corrected chi connectivity index (χ4v) is 3.06. The van der Waals surface area contributed by atoms with Crippen LogP contribution in [0.5, 0.6) is 0 Å². The Morgan fingerprint density at radius 2 is 1.81 bits per heavy atom. The van der Waals surface area contributed by atoms with Gasteiger partial charge in [-0.25, -0.2) is 0 Å². The minimum absolute atomic E-state index is 0.520. The van der Waals surface area contributed by atoms with Crippen LogP contribution >= 0.6 is 11.8 Å². The average molecular weight is 314 g/mol. The summed E-state index contributed by atoms with van der Waals surface area (Å²) in [6.45, 7) is -1.22. The fourth-order valence-electron chi connectivity index (χ4n) is 1.95. The van der Waals surface area contributed by atoms with Gasteiger partial charge in [0.05, 0.1) is 13.2 Å². The predicted molar refractivity (Wildman–Crippen MR) is 78.6 cm³/mol. The van der Waals surface area contributed by atoms with E-state index in [0.717, 1.165) is 17.3 Å². The molecule has 116 valence electrons. The third-order valence-corrected chi connectivity index (χ3v) is 4.61. The van der Waals surface area contributed by atoms with Crippen molar-refractivity contribution in [2.45, 2.75) is 23.2 Å². The summed E-state index contributed by atoms with van der Waals surface area (Å²) in [5.74, 6) is 0. The number of aliphatic hydroxyl groups excluding tert-OH is 5. The third-order valence-electron chi connectivity index (χ3n) is 3.26. The van der Waals surface area contributed by atoms with Crippen LogP contribution in [-0.4, -0.2) is 67.0 Å². The average Bonchev–Trinajstić information content (AvgIpc) is 2.99. The highest BCUT2D eigenvalue weighted by Crippen LogP contribution is 2.36. The number of thioether (sulfide) groups is 1. The Morgan fingerprint density at radius 3 is 2.38 bits per heavy atom. The lowest BCUT2D eigenvalue weighted by Crippen LogP contribution is -2.58. The molecule has 0 amide bonds. The highest BCUT2D eigenvalue weighted by Gasteiger charge is 2.48. The van der Waals surface area contributed by atoms with Crippen molar-refractivity contribution in [1.29, 1.82) is 0 Å². The first-order valence-electron chi connectivity index (χ1n) is 6.39. The molecule has 7 nitrogen and oxygen atoms in total. The van der Waals surface area contributed by atoms with Gasteiger partial charge in [0.2, 0.25) is 0 Å². The monoisotopic (exact) mass is 314 g/mol. The van der Waals surface area contributed by atoms with Gasteiger partial charge in [-0.15, -0.1) is 0 Å². The summed E-state index contributed by atoms with van der Waals surface area (Å²) in [5, 5.41) is 52.5. The summed E-state index contributed by atoms with van der Waals surface area (Å²) < 4.78 is 0. The number of hydrogen-bond acceptors (Lipinski definition) is 8. The molecular weight excluding hydrogens is 296 g/mol. The number of nitrogens with one attached hydrogen (secondary N) is 1. The molecule has 0 bridgehead atoms. The third kappa shape index (κ3) is 3.20. The normalized spacial score (nSPS) is 25.9. The summed E-state index contributed by atoms with van der Waals surface area (Å²) in [4.78, 5) is -1.37. The Labute approximate surface area is 125 Å². The van der Waals surface area contributed by atoms with Crippen molar-refractivity contribution in [3.63, 3.8) is 0 Å². The van der Waals surface area contributed by atoms with Crippen LogP contribution in [0.1, 0.15) is 5.56 Å². The molecule has 0 spiro atoms. The Balaban J connectivity index is 2.15. The van der Waals surface area contributed by atoms with E-state index < -0.39 is 36.4 Å². The number of hydrazone groups is 1. The molecule has 0 saturated carbocycles. The molecule has 0 saturated heterocycles. The molecule has 2 rings (SSSR count). The van der Waals surface area contributed by atoms with Crippen molar-refractivity contribution in [1.82, 2.24) is 5.43 Å². The Bertz CT molecular complexity index is 501. The molecule has 0 radical (unpaired) electrons. The summed E-state index contributed by atoms with van der Waals surface area (Å²) >= 11 is 1.06. The van der Waals surface area contributed by atoms with E-state index in [9.17, 15) is 20.4 Å². The first-order chi connectivity index (χ1) is 10.0. The molecular formula is C13H18N2O5S. The van der Waals surface area contributed by atoms with E-state index in [0.29, 0.717) is 5.04 Å². The standard InChI is InChI=1S/C13H18N2O5S/c16-6-9(18)10(19)11(20)13(7-17)15-14-12(21-13)8-4-2-1-3-5-8/h1-5,9-11,15-20H,6-7H2/t9-,10-,11-,13+/m1/s1. The van der Waals surface area contributed by atoms with Crippen LogP contribution < -0.4 is 5.43 Å². The van der Waals surface area contributed by atoms with Gasteiger partial charge in [0, 0.05) is 5.56 Å². The number of rotatable bonds is 6. The molecule has 1 aromatic carbocycles. The second kappa shape index (κ2) is 6.73. The van der Waals surface area contributed by atoms with E-state index >= 15 is 0 Å². The number of aliphatic hydroxyl groups is 5. The van der Waals surface area contributed by atoms with Crippen molar-refractivity contribution in [3.8, 4) is 0 Å². The molecule has 0 aromatic heterocycles. The van der Waals surface area contributed by atoms with E-state index in [1.807, 2.05) is 30.3 Å². The van der Waals surface area contributed by atoms with E-state index in [4.69, 9.17) is 5.11 Å². The molecule has 8 heteroatoms. The minimum atomic E-state index is -1.62. The van der Waals surface area contributed by atoms with E-state index in [2.05, 4.69) is 10.5 Å². The Hall–Kier alpha value is -1.16.